The molecule has 168 valence electrons. The Morgan fingerprint density at radius 3 is 1.85 bits per heavy atom. The number of rotatable bonds is 9. The predicted octanol–water partition coefficient (Wildman–Crippen LogP) is 5.34. The molecule has 0 aliphatic heterocycles. The van der Waals surface area contributed by atoms with Crippen LogP contribution in [0.2, 0.25) is 0 Å². The number of benzene rings is 4. The molecule has 2 unspecified atom stereocenters. The fraction of sp³-hybridized carbons (Fsp3) is 0.111. The summed E-state index contributed by atoms with van der Waals surface area (Å²) >= 11 is 0. The molecule has 0 aromatic heterocycles. The number of hydrogen-bond donors (Lipinski definition) is 2. The minimum Gasteiger partial charge on any atom is -0.457 e. The van der Waals surface area contributed by atoms with Gasteiger partial charge in [-0.2, -0.15) is 0 Å². The number of sulfonamides is 1. The summed E-state index contributed by atoms with van der Waals surface area (Å²) < 4.78 is 35.4. The first-order valence-corrected chi connectivity index (χ1v) is 12.3. The third-order valence-electron chi connectivity index (χ3n) is 5.30. The first-order chi connectivity index (χ1) is 16.0. The van der Waals surface area contributed by atoms with E-state index in [0.717, 1.165) is 11.1 Å². The van der Waals surface area contributed by atoms with Gasteiger partial charge in [0.15, 0.2) is 0 Å². The van der Waals surface area contributed by atoms with Gasteiger partial charge in [0.05, 0.1) is 17.8 Å². The van der Waals surface area contributed by atoms with Gasteiger partial charge in [-0.3, -0.25) is 0 Å². The molecule has 5 nitrogen and oxygen atoms in total. The van der Waals surface area contributed by atoms with Crippen LogP contribution in [0.1, 0.15) is 28.8 Å². The maximum Gasteiger partial charge on any atom is 0.216 e. The summed E-state index contributed by atoms with van der Waals surface area (Å²) in [6, 6.07) is 34.1. The summed E-state index contributed by atoms with van der Waals surface area (Å²) in [5.74, 6) is 0.905. The van der Waals surface area contributed by atoms with Gasteiger partial charge in [-0.05, 0) is 29.3 Å². The molecule has 0 heterocycles. The van der Waals surface area contributed by atoms with Gasteiger partial charge in [0.25, 0.3) is 0 Å². The van der Waals surface area contributed by atoms with Crippen LogP contribution in [0.25, 0.3) is 0 Å². The maximum absolute atomic E-state index is 13.3. The number of para-hydroxylation sites is 2. The van der Waals surface area contributed by atoms with Crippen molar-refractivity contribution in [2.24, 2.45) is 5.73 Å². The van der Waals surface area contributed by atoms with Crippen LogP contribution in [-0.2, 0) is 15.8 Å². The van der Waals surface area contributed by atoms with Crippen molar-refractivity contribution in [2.75, 3.05) is 0 Å². The Bertz CT molecular complexity index is 1260. The summed E-state index contributed by atoms with van der Waals surface area (Å²) in [7, 11) is -3.76. The lowest BCUT2D eigenvalue weighted by Gasteiger charge is -2.26. The van der Waals surface area contributed by atoms with Crippen LogP contribution in [0.4, 0.5) is 0 Å². The van der Waals surface area contributed by atoms with Crippen LogP contribution in [0, 0.1) is 0 Å². The van der Waals surface area contributed by atoms with Crippen molar-refractivity contribution in [3.63, 3.8) is 0 Å². The van der Waals surface area contributed by atoms with E-state index in [9.17, 15) is 8.42 Å². The quantitative estimate of drug-likeness (QED) is 0.355. The monoisotopic (exact) mass is 458 g/mol. The second-order valence-electron chi connectivity index (χ2n) is 7.72. The van der Waals surface area contributed by atoms with E-state index in [-0.39, 0.29) is 5.75 Å². The van der Waals surface area contributed by atoms with E-state index in [0.29, 0.717) is 17.1 Å². The minimum absolute atomic E-state index is 0.235. The molecule has 4 rings (SSSR count). The Hall–Kier alpha value is -3.45. The van der Waals surface area contributed by atoms with Crippen molar-refractivity contribution >= 4 is 10.0 Å². The fourth-order valence-electron chi connectivity index (χ4n) is 3.65. The van der Waals surface area contributed by atoms with Gasteiger partial charge in [-0.1, -0.05) is 97.1 Å². The first kappa shape index (κ1) is 22.7. The molecular weight excluding hydrogens is 432 g/mol. The van der Waals surface area contributed by atoms with Gasteiger partial charge in [0.1, 0.15) is 11.5 Å². The molecule has 3 N–H and O–H groups in total. The normalized spacial score (nSPS) is 13.2. The number of ether oxygens (including phenoxy) is 1. The van der Waals surface area contributed by atoms with Crippen LogP contribution in [0.15, 0.2) is 115 Å². The van der Waals surface area contributed by atoms with Gasteiger partial charge in [0, 0.05) is 5.56 Å². The molecule has 0 fully saturated rings. The van der Waals surface area contributed by atoms with Crippen LogP contribution in [-0.4, -0.2) is 8.42 Å². The summed E-state index contributed by atoms with van der Waals surface area (Å²) in [6.45, 7) is 0. The standard InChI is InChI=1S/C27H26N2O3S/c28-26(21-12-4-1-5-13-21)27(22-14-6-2-7-15-22)29-33(30,31)20-23-16-10-11-19-25(23)32-24-17-8-3-9-18-24/h1-19,26-27,29H,20,28H2. The molecule has 6 heteroatoms. The highest BCUT2D eigenvalue weighted by molar-refractivity contribution is 7.88. The van der Waals surface area contributed by atoms with Gasteiger partial charge in [-0.25, -0.2) is 13.1 Å². The van der Waals surface area contributed by atoms with Crippen molar-refractivity contribution in [1.82, 2.24) is 4.72 Å². The molecule has 0 spiro atoms. The second kappa shape index (κ2) is 10.4. The van der Waals surface area contributed by atoms with Crippen molar-refractivity contribution in [2.45, 2.75) is 17.8 Å². The molecule has 4 aromatic carbocycles. The van der Waals surface area contributed by atoms with Crippen LogP contribution in [0.3, 0.4) is 0 Å². The topological polar surface area (TPSA) is 81.4 Å². The zero-order valence-electron chi connectivity index (χ0n) is 18.0. The molecule has 0 saturated carbocycles. The third-order valence-corrected chi connectivity index (χ3v) is 6.60. The lowest BCUT2D eigenvalue weighted by molar-refractivity contribution is 0.476. The van der Waals surface area contributed by atoms with Gasteiger partial charge in [-0.15, -0.1) is 0 Å². The zero-order valence-corrected chi connectivity index (χ0v) is 18.9. The van der Waals surface area contributed by atoms with E-state index < -0.39 is 22.1 Å². The molecule has 2 atom stereocenters. The van der Waals surface area contributed by atoms with Crippen LogP contribution in [0.5, 0.6) is 11.5 Å². The molecule has 0 aliphatic carbocycles. The summed E-state index contributed by atoms with van der Waals surface area (Å²) in [5, 5.41) is 0. The molecule has 0 amide bonds. The van der Waals surface area contributed by atoms with Crippen molar-refractivity contribution in [3.8, 4) is 11.5 Å². The molecule has 0 radical (unpaired) electrons. The van der Waals surface area contributed by atoms with E-state index in [1.165, 1.54) is 0 Å². The molecule has 4 aromatic rings. The minimum atomic E-state index is -3.76. The van der Waals surface area contributed by atoms with Crippen molar-refractivity contribution in [3.05, 3.63) is 132 Å². The number of nitrogens with two attached hydrogens (primary N) is 1. The highest BCUT2D eigenvalue weighted by atomic mass is 32.2. The molecule has 0 bridgehead atoms. The Labute approximate surface area is 194 Å². The van der Waals surface area contributed by atoms with Crippen LogP contribution >= 0.6 is 0 Å². The predicted molar refractivity (Wildman–Crippen MR) is 131 cm³/mol. The average Bonchev–Trinajstić information content (AvgIpc) is 2.85. The van der Waals surface area contributed by atoms with E-state index in [4.69, 9.17) is 10.5 Å². The zero-order chi connectivity index (χ0) is 23.1. The second-order valence-corrected chi connectivity index (χ2v) is 9.48. The molecule has 33 heavy (non-hydrogen) atoms. The van der Waals surface area contributed by atoms with Crippen molar-refractivity contribution in [1.29, 1.82) is 0 Å². The highest BCUT2D eigenvalue weighted by Gasteiger charge is 2.27. The van der Waals surface area contributed by atoms with E-state index in [2.05, 4.69) is 4.72 Å². The Kier molecular flexibility index (Phi) is 7.19. The molecule has 0 saturated heterocycles. The molecular formula is C27H26N2O3S. The van der Waals surface area contributed by atoms with Crippen LogP contribution < -0.4 is 15.2 Å². The molecule has 0 aliphatic rings. The lowest BCUT2D eigenvalue weighted by Crippen LogP contribution is -2.36. The largest absolute Gasteiger partial charge is 0.457 e. The summed E-state index contributed by atoms with van der Waals surface area (Å²) in [4.78, 5) is 0. The van der Waals surface area contributed by atoms with E-state index in [1.54, 1.807) is 18.2 Å². The fourth-order valence-corrected chi connectivity index (χ4v) is 5.06. The van der Waals surface area contributed by atoms with Gasteiger partial charge < -0.3 is 10.5 Å². The summed E-state index contributed by atoms with van der Waals surface area (Å²) in [6.07, 6.45) is 0. The Balaban J connectivity index is 1.60. The number of hydrogen-bond acceptors (Lipinski definition) is 4. The lowest BCUT2D eigenvalue weighted by atomic mass is 9.95. The number of nitrogens with one attached hydrogen (secondary N) is 1. The van der Waals surface area contributed by atoms with Gasteiger partial charge >= 0.3 is 0 Å². The Morgan fingerprint density at radius 1 is 0.697 bits per heavy atom. The summed E-state index contributed by atoms with van der Waals surface area (Å²) in [5.41, 5.74) is 8.76. The van der Waals surface area contributed by atoms with E-state index >= 15 is 0 Å². The van der Waals surface area contributed by atoms with E-state index in [1.807, 2.05) is 97.1 Å². The maximum atomic E-state index is 13.3. The van der Waals surface area contributed by atoms with Gasteiger partial charge in [0.2, 0.25) is 10.0 Å². The first-order valence-electron chi connectivity index (χ1n) is 10.7. The SMILES string of the molecule is NC(c1ccccc1)C(NS(=O)(=O)Cc1ccccc1Oc1ccccc1)c1ccccc1. The smallest absolute Gasteiger partial charge is 0.216 e. The average molecular weight is 459 g/mol. The Morgan fingerprint density at radius 2 is 1.21 bits per heavy atom. The third kappa shape index (κ3) is 6.08. The van der Waals surface area contributed by atoms with Crippen molar-refractivity contribution < 1.29 is 13.2 Å². The highest BCUT2D eigenvalue weighted by Crippen LogP contribution is 2.30.